The van der Waals surface area contributed by atoms with Gasteiger partial charge in [-0.1, -0.05) is 12.1 Å². The van der Waals surface area contributed by atoms with Crippen LogP contribution in [0, 0.1) is 6.92 Å². The molecule has 0 unspecified atom stereocenters. The Labute approximate surface area is 122 Å². The number of likely N-dealkylation sites (tertiary alicyclic amines) is 1. The van der Waals surface area contributed by atoms with Gasteiger partial charge in [-0.2, -0.15) is 0 Å². The summed E-state index contributed by atoms with van der Waals surface area (Å²) in [7, 11) is 0. The van der Waals surface area contributed by atoms with E-state index in [-0.39, 0.29) is 12.5 Å². The molecule has 1 atom stereocenters. The monoisotopic (exact) mass is 293 g/mol. The minimum atomic E-state index is -1.02. The molecule has 1 aliphatic rings. The molecule has 2 rings (SSSR count). The molecule has 1 fully saturated rings. The van der Waals surface area contributed by atoms with E-state index in [4.69, 9.17) is 14.9 Å². The summed E-state index contributed by atoms with van der Waals surface area (Å²) in [6, 6.07) is 5.67. The van der Waals surface area contributed by atoms with Crippen LogP contribution < -0.4 is 4.74 Å². The molecule has 1 aromatic rings. The van der Waals surface area contributed by atoms with Gasteiger partial charge in [0.1, 0.15) is 5.75 Å². The topological polar surface area (TPSA) is 87.1 Å². The van der Waals surface area contributed by atoms with Crippen molar-refractivity contribution in [1.82, 2.24) is 4.90 Å². The molecule has 6 nitrogen and oxygen atoms in total. The third kappa shape index (κ3) is 3.87. The maximum atomic E-state index is 11.1. The standard InChI is InChI=1S/C15H19NO5/c1-10-4-5-11(7-13(10)21-9-14(17)18)12-3-2-6-16(8-12)15(19)20/h4-5,7,12H,2-3,6,8-9H2,1H3,(H,17,18)(H,19,20)/t12-/m1/s1. The lowest BCUT2D eigenvalue weighted by atomic mass is 9.90. The molecule has 0 aromatic heterocycles. The van der Waals surface area contributed by atoms with Gasteiger partial charge < -0.3 is 19.8 Å². The quantitative estimate of drug-likeness (QED) is 0.889. The number of rotatable bonds is 4. The molecule has 0 radical (unpaired) electrons. The van der Waals surface area contributed by atoms with Crippen molar-refractivity contribution < 1.29 is 24.5 Å². The number of benzene rings is 1. The number of piperidine rings is 1. The van der Waals surface area contributed by atoms with E-state index in [1.807, 2.05) is 25.1 Å². The molecule has 1 aromatic carbocycles. The summed E-state index contributed by atoms with van der Waals surface area (Å²) in [6.45, 7) is 2.51. The second-order valence-electron chi connectivity index (χ2n) is 5.28. The molecule has 2 N–H and O–H groups in total. The number of hydrogen-bond acceptors (Lipinski definition) is 3. The fourth-order valence-electron chi connectivity index (χ4n) is 2.59. The number of carboxylic acid groups (broad SMARTS) is 2. The molecule has 1 aliphatic heterocycles. The van der Waals surface area contributed by atoms with Crippen LogP contribution in [-0.2, 0) is 4.79 Å². The number of carbonyl (C=O) groups is 2. The molecule has 114 valence electrons. The maximum Gasteiger partial charge on any atom is 0.407 e. The summed E-state index contributed by atoms with van der Waals surface area (Å²) in [5.41, 5.74) is 1.86. The van der Waals surface area contributed by atoms with Gasteiger partial charge in [-0.25, -0.2) is 9.59 Å². The fraction of sp³-hybridized carbons (Fsp3) is 0.467. The minimum Gasteiger partial charge on any atom is -0.482 e. The van der Waals surface area contributed by atoms with Crippen LogP contribution in [-0.4, -0.2) is 46.9 Å². The lowest BCUT2D eigenvalue weighted by Crippen LogP contribution is -2.38. The lowest BCUT2D eigenvalue weighted by molar-refractivity contribution is -0.139. The van der Waals surface area contributed by atoms with Gasteiger partial charge in [-0.05, 0) is 37.0 Å². The molecule has 0 aliphatic carbocycles. The summed E-state index contributed by atoms with van der Waals surface area (Å²) >= 11 is 0. The molecular formula is C15H19NO5. The molecule has 0 saturated carbocycles. The third-order valence-corrected chi connectivity index (χ3v) is 3.73. The van der Waals surface area contributed by atoms with E-state index in [9.17, 15) is 9.59 Å². The lowest BCUT2D eigenvalue weighted by Gasteiger charge is -2.31. The van der Waals surface area contributed by atoms with Gasteiger partial charge in [0.25, 0.3) is 0 Å². The van der Waals surface area contributed by atoms with Crippen LogP contribution in [0.1, 0.15) is 29.9 Å². The Bertz CT molecular complexity index is 543. The number of ether oxygens (including phenoxy) is 1. The fourth-order valence-corrected chi connectivity index (χ4v) is 2.59. The highest BCUT2D eigenvalue weighted by Crippen LogP contribution is 2.30. The van der Waals surface area contributed by atoms with Crippen molar-refractivity contribution in [2.45, 2.75) is 25.7 Å². The van der Waals surface area contributed by atoms with E-state index in [1.165, 1.54) is 4.90 Å². The van der Waals surface area contributed by atoms with Crippen molar-refractivity contribution in [2.75, 3.05) is 19.7 Å². The summed E-state index contributed by atoms with van der Waals surface area (Å²) in [6.07, 6.45) is 0.857. The molecule has 1 heterocycles. The number of amides is 1. The van der Waals surface area contributed by atoms with Gasteiger partial charge >= 0.3 is 12.1 Å². The Hall–Kier alpha value is -2.24. The second-order valence-corrected chi connectivity index (χ2v) is 5.28. The number of aryl methyl sites for hydroxylation is 1. The molecule has 6 heteroatoms. The van der Waals surface area contributed by atoms with Crippen LogP contribution in [0.15, 0.2) is 18.2 Å². The van der Waals surface area contributed by atoms with Gasteiger partial charge in [0, 0.05) is 19.0 Å². The van der Waals surface area contributed by atoms with Crippen LogP contribution in [0.5, 0.6) is 5.75 Å². The summed E-state index contributed by atoms with van der Waals surface area (Å²) in [4.78, 5) is 23.1. The predicted molar refractivity (Wildman–Crippen MR) is 75.9 cm³/mol. The Balaban J connectivity index is 2.14. The number of aliphatic carboxylic acids is 1. The first kappa shape index (κ1) is 15.2. The van der Waals surface area contributed by atoms with Crippen LogP contribution in [0.3, 0.4) is 0 Å². The smallest absolute Gasteiger partial charge is 0.407 e. The van der Waals surface area contributed by atoms with Crippen molar-refractivity contribution in [2.24, 2.45) is 0 Å². The van der Waals surface area contributed by atoms with Crippen molar-refractivity contribution in [3.63, 3.8) is 0 Å². The largest absolute Gasteiger partial charge is 0.482 e. The Morgan fingerprint density at radius 1 is 1.38 bits per heavy atom. The second kappa shape index (κ2) is 6.47. The molecule has 0 spiro atoms. The maximum absolute atomic E-state index is 11.1. The molecule has 0 bridgehead atoms. The summed E-state index contributed by atoms with van der Waals surface area (Å²) < 4.78 is 5.27. The highest BCUT2D eigenvalue weighted by molar-refractivity contribution is 5.68. The van der Waals surface area contributed by atoms with Crippen molar-refractivity contribution in [1.29, 1.82) is 0 Å². The normalized spacial score (nSPS) is 18.3. The van der Waals surface area contributed by atoms with Crippen molar-refractivity contribution in [3.05, 3.63) is 29.3 Å². The average molecular weight is 293 g/mol. The zero-order valence-electron chi connectivity index (χ0n) is 11.9. The Morgan fingerprint density at radius 3 is 2.81 bits per heavy atom. The van der Waals surface area contributed by atoms with Gasteiger partial charge in [0.2, 0.25) is 0 Å². The third-order valence-electron chi connectivity index (χ3n) is 3.73. The van der Waals surface area contributed by atoms with Crippen molar-refractivity contribution >= 4 is 12.1 Å². The van der Waals surface area contributed by atoms with E-state index in [1.54, 1.807) is 0 Å². The Morgan fingerprint density at radius 2 is 2.14 bits per heavy atom. The molecular weight excluding hydrogens is 274 g/mol. The van der Waals surface area contributed by atoms with Crippen LogP contribution >= 0.6 is 0 Å². The molecule has 1 saturated heterocycles. The van der Waals surface area contributed by atoms with Gasteiger partial charge in [0.15, 0.2) is 6.61 Å². The Kier molecular flexibility index (Phi) is 4.67. The van der Waals surface area contributed by atoms with Gasteiger partial charge in [-0.3, -0.25) is 0 Å². The highest BCUT2D eigenvalue weighted by Gasteiger charge is 2.24. The van der Waals surface area contributed by atoms with Crippen LogP contribution in [0.25, 0.3) is 0 Å². The molecule has 1 amide bonds. The summed E-state index contributed by atoms with van der Waals surface area (Å²) in [5.74, 6) is -0.348. The highest BCUT2D eigenvalue weighted by atomic mass is 16.5. The number of hydrogen-bond donors (Lipinski definition) is 2. The van der Waals surface area contributed by atoms with Crippen LogP contribution in [0.2, 0.25) is 0 Å². The predicted octanol–water partition coefficient (Wildman–Crippen LogP) is 2.32. The SMILES string of the molecule is Cc1ccc([C@@H]2CCCN(C(=O)O)C2)cc1OCC(=O)O. The zero-order valence-corrected chi connectivity index (χ0v) is 11.9. The first-order chi connectivity index (χ1) is 9.97. The average Bonchev–Trinajstić information content (AvgIpc) is 2.46. The molecule has 21 heavy (non-hydrogen) atoms. The van der Waals surface area contributed by atoms with E-state index in [0.717, 1.165) is 24.0 Å². The van der Waals surface area contributed by atoms with E-state index < -0.39 is 12.1 Å². The number of carboxylic acids is 1. The first-order valence-electron chi connectivity index (χ1n) is 6.90. The van der Waals surface area contributed by atoms with Gasteiger partial charge in [0.05, 0.1) is 0 Å². The van der Waals surface area contributed by atoms with E-state index in [0.29, 0.717) is 18.8 Å². The first-order valence-corrected chi connectivity index (χ1v) is 6.90. The van der Waals surface area contributed by atoms with E-state index in [2.05, 4.69) is 0 Å². The summed E-state index contributed by atoms with van der Waals surface area (Å²) in [5, 5.41) is 17.8. The van der Waals surface area contributed by atoms with E-state index >= 15 is 0 Å². The van der Waals surface area contributed by atoms with Crippen LogP contribution in [0.4, 0.5) is 4.79 Å². The number of nitrogens with zero attached hydrogens (tertiary/aromatic N) is 1. The minimum absolute atomic E-state index is 0.127. The van der Waals surface area contributed by atoms with Crippen molar-refractivity contribution in [3.8, 4) is 5.75 Å². The zero-order chi connectivity index (χ0) is 15.4. The van der Waals surface area contributed by atoms with Gasteiger partial charge in [-0.15, -0.1) is 0 Å².